The SMILES string of the molecule is CN[C@H]1Cc2c(cccc2CO)C#C[C@@]23CC[C@H](Cc4cccc(c4)Cc4cccc(c4)[C@@H]4CC[C@@H]5[C@@H](C4)C[C@@H]4C=CO[C@@H]6[C@H]7C[C@@H]8C=CC[C@H](C9CCCC9)[C@H]8C[C@@H]8[C@H](O)[C@]9(O)[C@H](CC[C@]%10(C2)[C@H]2C%11=CC(=O)O[C@H]%11[C@@H]1C[C@H]2C[C@@]%109O)[C@@](C=O)(C[C@]564)[C@@]78O)C3. The van der Waals surface area contributed by atoms with Gasteiger partial charge in [-0.25, -0.2) is 4.79 Å². The Kier molecular flexibility index (Phi) is 12.8. The molecule has 10 fully saturated rings. The van der Waals surface area contributed by atoms with Gasteiger partial charge in [0.2, 0.25) is 0 Å². The van der Waals surface area contributed by atoms with Crippen molar-refractivity contribution in [1.82, 2.24) is 5.32 Å². The summed E-state index contributed by atoms with van der Waals surface area (Å²) in [6.45, 7) is -0.136. The summed E-state index contributed by atoms with van der Waals surface area (Å²) in [7, 11) is 1.97. The largest absolute Gasteiger partial charge is 0.497 e. The van der Waals surface area contributed by atoms with Crippen molar-refractivity contribution < 1.29 is 44.6 Å². The average molecular weight is 1200 g/mol. The molecule has 468 valence electrons. The lowest BCUT2D eigenvalue weighted by Gasteiger charge is -2.76. The molecule has 0 saturated heterocycles. The quantitative estimate of drug-likeness (QED) is 0.0641. The van der Waals surface area contributed by atoms with Crippen molar-refractivity contribution in [2.75, 3.05) is 7.05 Å². The Morgan fingerprint density at radius 2 is 1.60 bits per heavy atom. The number of carbonyl (C=O) groups is 2. The van der Waals surface area contributed by atoms with Crippen LogP contribution in [0.15, 0.2) is 103 Å². The number of aldehydes is 1. The first-order valence-electron chi connectivity index (χ1n) is 35.5. The van der Waals surface area contributed by atoms with Gasteiger partial charge >= 0.3 is 5.97 Å². The maximum atomic E-state index is 16.1. The van der Waals surface area contributed by atoms with Crippen molar-refractivity contribution in [2.45, 2.75) is 201 Å². The molecule has 3 spiro atoms. The van der Waals surface area contributed by atoms with Crippen molar-refractivity contribution in [1.29, 1.82) is 0 Å². The lowest BCUT2D eigenvalue weighted by atomic mass is 9.31. The van der Waals surface area contributed by atoms with Crippen LogP contribution in [-0.4, -0.2) is 86.0 Å². The lowest BCUT2D eigenvalue weighted by Crippen LogP contribution is -2.87. The minimum atomic E-state index is -2.26. The number of likely N-dealkylation sites (N-methyl/N-ethyl adjacent to an activating group) is 1. The highest BCUT2D eigenvalue weighted by atomic mass is 16.5. The summed E-state index contributed by atoms with van der Waals surface area (Å²) in [6, 6.07) is 24.5. The van der Waals surface area contributed by atoms with Crippen molar-refractivity contribution in [3.63, 3.8) is 0 Å². The normalized spacial score (nSPS) is 49.0. The highest BCUT2D eigenvalue weighted by Crippen LogP contribution is 2.82. The van der Waals surface area contributed by atoms with Crippen LogP contribution in [-0.2, 0) is 44.9 Å². The second-order valence-electron chi connectivity index (χ2n) is 32.9. The van der Waals surface area contributed by atoms with Crippen LogP contribution in [0.5, 0.6) is 0 Å². The zero-order chi connectivity index (χ0) is 60.2. The molecule has 0 radical (unpaired) electrons. The summed E-state index contributed by atoms with van der Waals surface area (Å²) in [5.41, 5.74) is -1.03. The number of aliphatic hydroxyl groups excluding tert-OH is 2. The monoisotopic (exact) mass is 1200 g/mol. The topological polar surface area (TPSA) is 166 Å². The highest BCUT2D eigenvalue weighted by Gasteiger charge is 2.88. The molecule has 10 heteroatoms. The molecule has 6 N–H and O–H groups in total. The number of aliphatic hydroxyl groups is 5. The number of benzene rings is 3. The number of nitrogens with one attached hydrogen (secondary N) is 1. The molecular weight excluding hydrogens is 1110 g/mol. The molecule has 89 heavy (non-hydrogen) atoms. The van der Waals surface area contributed by atoms with E-state index in [1.807, 2.05) is 25.4 Å². The van der Waals surface area contributed by atoms with Gasteiger partial charge < -0.3 is 45.1 Å². The zero-order valence-electron chi connectivity index (χ0n) is 52.1. The second kappa shape index (κ2) is 20.1. The molecule has 2 heterocycles. The summed E-state index contributed by atoms with van der Waals surface area (Å²) < 4.78 is 14.0. The Balaban J connectivity index is 0.885. The average Bonchev–Trinajstić information content (AvgIpc) is 1.62. The van der Waals surface area contributed by atoms with Gasteiger partial charge in [-0.1, -0.05) is 110 Å². The van der Waals surface area contributed by atoms with Gasteiger partial charge in [0.05, 0.1) is 30.0 Å². The van der Waals surface area contributed by atoms with E-state index in [-0.39, 0.29) is 66.5 Å². The molecule has 19 aliphatic rings. The minimum Gasteiger partial charge on any atom is -0.497 e. The molecule has 25 atom stereocenters. The van der Waals surface area contributed by atoms with Gasteiger partial charge in [-0.3, -0.25) is 0 Å². The first kappa shape index (κ1) is 56.9. The van der Waals surface area contributed by atoms with E-state index >= 15 is 20.1 Å². The molecular formula is C79H93NO9. The van der Waals surface area contributed by atoms with Gasteiger partial charge in [0.1, 0.15) is 29.7 Å². The Morgan fingerprint density at radius 3 is 2.44 bits per heavy atom. The molecule has 10 saturated carbocycles. The van der Waals surface area contributed by atoms with E-state index in [0.717, 1.165) is 106 Å². The van der Waals surface area contributed by atoms with Crippen molar-refractivity contribution in [2.24, 2.45) is 105 Å². The van der Waals surface area contributed by atoms with Crippen LogP contribution >= 0.6 is 0 Å². The van der Waals surface area contributed by atoms with E-state index in [9.17, 15) is 15.0 Å². The van der Waals surface area contributed by atoms with Crippen LogP contribution in [0.3, 0.4) is 0 Å². The van der Waals surface area contributed by atoms with Crippen LogP contribution in [0.4, 0.5) is 0 Å². The Morgan fingerprint density at radius 1 is 0.764 bits per heavy atom. The predicted octanol–water partition coefficient (Wildman–Crippen LogP) is 11.2. The molecule has 2 aliphatic heterocycles. The van der Waals surface area contributed by atoms with E-state index in [0.29, 0.717) is 75.0 Å². The number of carbonyl (C=O) groups excluding carboxylic acids is 2. The van der Waals surface area contributed by atoms with Crippen LogP contribution in [0.2, 0.25) is 0 Å². The van der Waals surface area contributed by atoms with Gasteiger partial charge in [0.25, 0.3) is 0 Å². The fourth-order valence-corrected chi connectivity index (χ4v) is 27.2. The molecule has 3 aromatic carbocycles. The molecule has 0 amide bonds. The summed E-state index contributed by atoms with van der Waals surface area (Å²) in [5, 5.41) is 76.1. The summed E-state index contributed by atoms with van der Waals surface area (Å²) in [6.07, 6.45) is 27.1. The maximum absolute atomic E-state index is 16.1. The smallest absolute Gasteiger partial charge is 0.331 e. The minimum absolute atomic E-state index is 0.0814. The fourth-order valence-electron chi connectivity index (χ4n) is 27.2. The number of ether oxygens (including phenoxy) is 2. The number of rotatable bonds is 4. The van der Waals surface area contributed by atoms with Gasteiger partial charge in [-0.2, -0.15) is 0 Å². The van der Waals surface area contributed by atoms with E-state index in [4.69, 9.17) is 9.47 Å². The third-order valence-electron chi connectivity index (χ3n) is 30.1. The predicted molar refractivity (Wildman–Crippen MR) is 337 cm³/mol. The molecule has 17 bridgehead atoms. The summed E-state index contributed by atoms with van der Waals surface area (Å²) in [4.78, 5) is 30.5. The van der Waals surface area contributed by atoms with Gasteiger partial charge in [-0.05, 0) is 245 Å². The zero-order valence-corrected chi connectivity index (χ0v) is 52.1. The van der Waals surface area contributed by atoms with Crippen LogP contribution in [0.25, 0.3) is 0 Å². The Labute approximate surface area is 526 Å². The van der Waals surface area contributed by atoms with E-state index in [2.05, 4.69) is 90.0 Å². The summed E-state index contributed by atoms with van der Waals surface area (Å²) >= 11 is 0. The Hall–Kier alpha value is -4.86. The number of hydrogen-bond acceptors (Lipinski definition) is 10. The molecule has 3 aromatic rings. The van der Waals surface area contributed by atoms with Gasteiger partial charge in [0.15, 0.2) is 0 Å². The van der Waals surface area contributed by atoms with Crippen molar-refractivity contribution in [3.8, 4) is 11.8 Å². The Bertz CT molecular complexity index is 3570. The number of allylic oxidation sites excluding steroid dienone is 3. The number of hydrogen-bond donors (Lipinski definition) is 6. The van der Waals surface area contributed by atoms with E-state index in [1.54, 1.807) is 6.08 Å². The molecule has 17 aliphatic carbocycles. The van der Waals surface area contributed by atoms with Crippen molar-refractivity contribution in [3.05, 3.63) is 142 Å². The van der Waals surface area contributed by atoms with Gasteiger partial charge in [0, 0.05) is 57.6 Å². The second-order valence-corrected chi connectivity index (χ2v) is 32.9. The molecule has 22 rings (SSSR count). The summed E-state index contributed by atoms with van der Waals surface area (Å²) in [5.74, 6) is 6.54. The third kappa shape index (κ3) is 7.56. The van der Waals surface area contributed by atoms with E-state index < -0.39 is 80.4 Å². The maximum Gasteiger partial charge on any atom is 0.331 e. The van der Waals surface area contributed by atoms with Crippen molar-refractivity contribution >= 4 is 12.3 Å². The van der Waals surface area contributed by atoms with E-state index in [1.165, 1.54) is 35.1 Å². The first-order valence-corrected chi connectivity index (χ1v) is 35.5. The standard InChI is InChI=1S/C79H93NO9/c1-80-66-37-59-50(13-6-16-54(59)41-81)21-25-73-24-20-48(39-73)30-46-9-4-8-45(28-46)29-47-10-5-14-51(31-47)52-18-19-63-55(32-52)33-57-23-27-88-72-65-35-53-15-7-17-58(49-11-2-3-12-49)60(53)36-64-71(84)79(87)67(75(44-82,78(64,65)86)43-76(57,63)72)22-26-74(42-73)69-56(40-77(74,79)85)34-61(66)70-62(69)38-68(83)89-70/h4-10,13-16,23,27-28,31,38,44,48-49,52-53,55-58,60-61,63-67,69-72,80-81,84-87H,2-3,11-12,17-20,22,24,26,29-30,32-37,39-43H2,1H3/t48-,52-,53+,55+,56+,57+,58-,60+,61-,63-,64-,65-,66+,67-,69-,70+,71+,72-,73-,74+,75+,76+,77-,78+,79-/m1/s1. The van der Waals surface area contributed by atoms with Crippen LogP contribution < -0.4 is 5.32 Å². The molecule has 0 aromatic heterocycles. The molecule has 10 nitrogen and oxygen atoms in total. The number of esters is 1. The van der Waals surface area contributed by atoms with Crippen LogP contribution in [0, 0.1) is 116 Å². The van der Waals surface area contributed by atoms with Gasteiger partial charge in [-0.15, -0.1) is 0 Å². The third-order valence-corrected chi connectivity index (χ3v) is 30.1. The lowest BCUT2D eigenvalue weighted by molar-refractivity contribution is -0.388. The molecule has 0 unspecified atom stereocenters. The highest BCUT2D eigenvalue weighted by molar-refractivity contribution is 5.86. The van der Waals surface area contributed by atoms with Crippen LogP contribution in [0.1, 0.15) is 173 Å². The fraction of sp³-hybridized carbons (Fsp3) is 0.646. The first-order chi connectivity index (χ1) is 43.2. The number of fused-ring (bicyclic) bond motifs is 3.